The molecule has 0 saturated heterocycles. The Morgan fingerprint density at radius 2 is 1.92 bits per heavy atom. The largest absolute Gasteiger partial charge is 0.465 e. The zero-order valence-corrected chi connectivity index (χ0v) is 7.70. The fourth-order valence-corrected chi connectivity index (χ4v) is 0.670. The summed E-state index contributed by atoms with van der Waals surface area (Å²) in [7, 11) is 1.37. The lowest BCUT2D eigenvalue weighted by Gasteiger charge is -1.96. The Kier molecular flexibility index (Phi) is 5.70. The van der Waals surface area contributed by atoms with Gasteiger partial charge in [-0.2, -0.15) is 0 Å². The molecule has 12 heavy (non-hydrogen) atoms. The first-order valence-electron chi connectivity index (χ1n) is 3.80. The number of allylic oxidation sites excluding steroid dienone is 4. The van der Waals surface area contributed by atoms with Crippen LogP contribution in [0.25, 0.3) is 0 Å². The van der Waals surface area contributed by atoms with E-state index in [1.54, 1.807) is 25.2 Å². The average Bonchev–Trinajstić information content (AvgIpc) is 2.11. The fourth-order valence-electron chi connectivity index (χ4n) is 0.670. The van der Waals surface area contributed by atoms with Gasteiger partial charge in [-0.15, -0.1) is 0 Å². The maximum Gasteiger partial charge on any atom is 0.337 e. The number of hydrogen-bond donors (Lipinski definition) is 0. The molecule has 0 N–H and O–H groups in total. The molecule has 0 aliphatic heterocycles. The number of rotatable bonds is 3. The van der Waals surface area contributed by atoms with Crippen LogP contribution >= 0.6 is 0 Å². The summed E-state index contributed by atoms with van der Waals surface area (Å²) < 4.78 is 4.55. The Morgan fingerprint density at radius 1 is 1.25 bits per heavy atom. The van der Waals surface area contributed by atoms with Gasteiger partial charge in [0.2, 0.25) is 0 Å². The van der Waals surface area contributed by atoms with Crippen molar-refractivity contribution >= 4 is 5.97 Å². The van der Waals surface area contributed by atoms with E-state index in [4.69, 9.17) is 0 Å². The van der Waals surface area contributed by atoms with Gasteiger partial charge < -0.3 is 4.74 Å². The van der Waals surface area contributed by atoms with Gasteiger partial charge >= 0.3 is 5.97 Å². The van der Waals surface area contributed by atoms with Crippen molar-refractivity contribution in [3.05, 3.63) is 36.0 Å². The third kappa shape index (κ3) is 3.76. The van der Waals surface area contributed by atoms with Crippen LogP contribution in [-0.4, -0.2) is 13.1 Å². The summed E-state index contributed by atoms with van der Waals surface area (Å²) in [4.78, 5) is 11.0. The van der Waals surface area contributed by atoms with Gasteiger partial charge in [0.05, 0.1) is 12.7 Å². The van der Waals surface area contributed by atoms with Gasteiger partial charge in [-0.25, -0.2) is 4.79 Å². The minimum Gasteiger partial charge on any atom is -0.465 e. The van der Waals surface area contributed by atoms with Crippen LogP contribution in [-0.2, 0) is 9.53 Å². The molecule has 0 rings (SSSR count). The van der Waals surface area contributed by atoms with Crippen LogP contribution in [0.15, 0.2) is 36.0 Å². The first-order valence-corrected chi connectivity index (χ1v) is 3.80. The van der Waals surface area contributed by atoms with Gasteiger partial charge in [-0.3, -0.25) is 0 Å². The molecular formula is C10H14O2. The first kappa shape index (κ1) is 10.7. The lowest BCUT2D eigenvalue weighted by Crippen LogP contribution is -2.01. The van der Waals surface area contributed by atoms with Gasteiger partial charge in [-0.05, 0) is 19.9 Å². The molecule has 66 valence electrons. The second kappa shape index (κ2) is 6.40. The predicted molar refractivity (Wildman–Crippen MR) is 49.7 cm³/mol. The van der Waals surface area contributed by atoms with Crippen molar-refractivity contribution < 1.29 is 9.53 Å². The molecule has 0 fully saturated rings. The molecule has 0 aromatic heterocycles. The van der Waals surface area contributed by atoms with E-state index < -0.39 is 0 Å². The maximum atomic E-state index is 11.0. The maximum absolute atomic E-state index is 11.0. The van der Waals surface area contributed by atoms with E-state index in [1.165, 1.54) is 7.11 Å². The fraction of sp³-hybridized carbons (Fsp3) is 0.300. The molecule has 0 bridgehead atoms. The van der Waals surface area contributed by atoms with E-state index in [2.05, 4.69) is 4.74 Å². The van der Waals surface area contributed by atoms with Crippen LogP contribution < -0.4 is 0 Å². The topological polar surface area (TPSA) is 26.3 Å². The van der Waals surface area contributed by atoms with Crippen molar-refractivity contribution in [2.75, 3.05) is 7.11 Å². The van der Waals surface area contributed by atoms with Crippen LogP contribution in [0, 0.1) is 0 Å². The highest BCUT2D eigenvalue weighted by atomic mass is 16.5. The lowest BCUT2D eigenvalue weighted by molar-refractivity contribution is -0.135. The molecule has 0 aliphatic rings. The molecule has 0 aromatic rings. The molecule has 2 nitrogen and oxygen atoms in total. The highest BCUT2D eigenvalue weighted by Gasteiger charge is 2.01. The SMILES string of the molecule is C\C=C/C=C\C(=C/C)C(=O)OC. The minimum atomic E-state index is -0.307. The summed E-state index contributed by atoms with van der Waals surface area (Å²) in [5.41, 5.74) is 0.565. The second-order valence-electron chi connectivity index (χ2n) is 2.12. The summed E-state index contributed by atoms with van der Waals surface area (Å²) >= 11 is 0. The Hall–Kier alpha value is -1.31. The summed E-state index contributed by atoms with van der Waals surface area (Å²) in [6, 6.07) is 0. The molecular weight excluding hydrogens is 152 g/mol. The monoisotopic (exact) mass is 166 g/mol. The molecule has 0 aliphatic carbocycles. The van der Waals surface area contributed by atoms with Crippen LogP contribution in [0.5, 0.6) is 0 Å². The Labute approximate surface area is 73.2 Å². The van der Waals surface area contributed by atoms with Crippen molar-refractivity contribution in [2.45, 2.75) is 13.8 Å². The number of carbonyl (C=O) groups is 1. The molecule has 0 unspecified atom stereocenters. The molecule has 0 aromatic carbocycles. The second-order valence-corrected chi connectivity index (χ2v) is 2.12. The minimum absolute atomic E-state index is 0.307. The molecule has 2 heteroatoms. The Bertz CT molecular complexity index is 222. The van der Waals surface area contributed by atoms with Gasteiger partial charge in [0, 0.05) is 0 Å². The smallest absolute Gasteiger partial charge is 0.337 e. The lowest BCUT2D eigenvalue weighted by atomic mass is 10.2. The summed E-state index contributed by atoms with van der Waals surface area (Å²) in [5, 5.41) is 0. The summed E-state index contributed by atoms with van der Waals surface area (Å²) in [6.45, 7) is 3.71. The molecule has 0 atom stereocenters. The van der Waals surface area contributed by atoms with Crippen molar-refractivity contribution in [2.24, 2.45) is 0 Å². The number of ether oxygens (including phenoxy) is 1. The average molecular weight is 166 g/mol. The van der Waals surface area contributed by atoms with Gasteiger partial charge in [0.15, 0.2) is 0 Å². The van der Waals surface area contributed by atoms with Crippen molar-refractivity contribution in [1.29, 1.82) is 0 Å². The van der Waals surface area contributed by atoms with Crippen molar-refractivity contribution in [1.82, 2.24) is 0 Å². The van der Waals surface area contributed by atoms with Gasteiger partial charge in [0.1, 0.15) is 0 Å². The van der Waals surface area contributed by atoms with Crippen LogP contribution in [0.2, 0.25) is 0 Å². The Balaban J connectivity index is 4.29. The van der Waals surface area contributed by atoms with E-state index in [0.29, 0.717) is 5.57 Å². The third-order valence-corrected chi connectivity index (χ3v) is 1.31. The van der Waals surface area contributed by atoms with Gasteiger partial charge in [0.25, 0.3) is 0 Å². The molecule has 0 amide bonds. The molecule has 0 saturated carbocycles. The van der Waals surface area contributed by atoms with Crippen LogP contribution in [0.3, 0.4) is 0 Å². The standard InChI is InChI=1S/C10H14O2/c1-4-6-7-8-9(5-2)10(11)12-3/h4-8H,1-3H3/b6-4-,8-7-,9-5+. The molecule has 0 spiro atoms. The van der Waals surface area contributed by atoms with Crippen LogP contribution in [0.4, 0.5) is 0 Å². The van der Waals surface area contributed by atoms with E-state index in [0.717, 1.165) is 0 Å². The highest BCUT2D eigenvalue weighted by Crippen LogP contribution is 1.99. The highest BCUT2D eigenvalue weighted by molar-refractivity contribution is 5.91. The summed E-state index contributed by atoms with van der Waals surface area (Å²) in [6.07, 6.45) is 8.97. The zero-order chi connectivity index (χ0) is 9.40. The first-order chi connectivity index (χ1) is 5.76. The molecule has 0 radical (unpaired) electrons. The van der Waals surface area contributed by atoms with E-state index in [-0.39, 0.29) is 5.97 Å². The summed E-state index contributed by atoms with van der Waals surface area (Å²) in [5.74, 6) is -0.307. The van der Waals surface area contributed by atoms with E-state index in [9.17, 15) is 4.79 Å². The zero-order valence-electron chi connectivity index (χ0n) is 7.70. The Morgan fingerprint density at radius 3 is 2.33 bits per heavy atom. The van der Waals surface area contributed by atoms with Crippen molar-refractivity contribution in [3.63, 3.8) is 0 Å². The number of hydrogen-bond acceptors (Lipinski definition) is 2. The number of esters is 1. The third-order valence-electron chi connectivity index (χ3n) is 1.31. The van der Waals surface area contributed by atoms with E-state index >= 15 is 0 Å². The van der Waals surface area contributed by atoms with E-state index in [1.807, 2.05) is 19.1 Å². The quantitative estimate of drug-likeness (QED) is 0.365. The van der Waals surface area contributed by atoms with Crippen molar-refractivity contribution in [3.8, 4) is 0 Å². The number of carbonyl (C=O) groups excluding carboxylic acids is 1. The van der Waals surface area contributed by atoms with Crippen LogP contribution in [0.1, 0.15) is 13.8 Å². The normalized spacial score (nSPS) is 12.8. The van der Waals surface area contributed by atoms with Gasteiger partial charge in [-0.1, -0.05) is 24.3 Å². The number of methoxy groups -OCH3 is 1. The molecule has 0 heterocycles. The predicted octanol–water partition coefficient (Wildman–Crippen LogP) is 2.24.